The standard InChI is InChI=1S/C22H21N3O3/c26-21(18-15-22(18)13-6-14-22)24-23-19(16-7-2-1-3-8-16)12-11-17-9-4-5-10-20(17)25(27)28/h1-5,7-12,18H,6,13-15H2,(H,24,26)/b12-11+,23-19?/t18-/m0/s1. The number of carbonyl (C=O) groups excluding carboxylic acids is 1. The largest absolute Gasteiger partial charge is 0.276 e. The summed E-state index contributed by atoms with van der Waals surface area (Å²) in [6, 6.07) is 16.0. The van der Waals surface area contributed by atoms with Gasteiger partial charge in [-0.1, -0.05) is 48.9 Å². The zero-order valence-corrected chi connectivity index (χ0v) is 15.4. The van der Waals surface area contributed by atoms with Crippen molar-refractivity contribution in [1.82, 2.24) is 5.43 Å². The van der Waals surface area contributed by atoms with Crippen LogP contribution in [0.4, 0.5) is 5.69 Å². The molecule has 2 saturated carbocycles. The van der Waals surface area contributed by atoms with E-state index in [4.69, 9.17) is 0 Å². The molecule has 0 bridgehead atoms. The second-order valence-corrected chi connectivity index (χ2v) is 7.46. The van der Waals surface area contributed by atoms with Crippen LogP contribution in [0.3, 0.4) is 0 Å². The fraction of sp³-hybridized carbons (Fsp3) is 0.273. The van der Waals surface area contributed by atoms with Crippen LogP contribution in [0.25, 0.3) is 6.08 Å². The molecule has 1 spiro atoms. The Morgan fingerprint density at radius 1 is 1.14 bits per heavy atom. The summed E-state index contributed by atoms with van der Waals surface area (Å²) in [4.78, 5) is 23.2. The van der Waals surface area contributed by atoms with E-state index in [1.54, 1.807) is 30.4 Å². The van der Waals surface area contributed by atoms with E-state index >= 15 is 0 Å². The number of benzene rings is 2. The summed E-state index contributed by atoms with van der Waals surface area (Å²) in [6.07, 6.45) is 7.79. The second kappa shape index (κ2) is 7.38. The number of nitrogens with zero attached hydrogens (tertiary/aromatic N) is 2. The Morgan fingerprint density at radius 3 is 2.50 bits per heavy atom. The van der Waals surface area contributed by atoms with E-state index in [0.29, 0.717) is 11.3 Å². The lowest BCUT2D eigenvalue weighted by molar-refractivity contribution is -0.385. The van der Waals surface area contributed by atoms with Gasteiger partial charge in [0.25, 0.3) is 5.69 Å². The summed E-state index contributed by atoms with van der Waals surface area (Å²) in [5, 5.41) is 15.5. The molecule has 2 aliphatic carbocycles. The van der Waals surface area contributed by atoms with Crippen LogP contribution >= 0.6 is 0 Å². The van der Waals surface area contributed by atoms with Gasteiger partial charge in [0, 0.05) is 17.5 Å². The van der Waals surface area contributed by atoms with Gasteiger partial charge in [-0.3, -0.25) is 14.9 Å². The van der Waals surface area contributed by atoms with Gasteiger partial charge in [-0.15, -0.1) is 0 Å². The van der Waals surface area contributed by atoms with Crippen molar-refractivity contribution >= 4 is 23.4 Å². The molecule has 4 rings (SSSR count). The second-order valence-electron chi connectivity index (χ2n) is 7.46. The lowest BCUT2D eigenvalue weighted by Gasteiger charge is -2.25. The van der Waals surface area contributed by atoms with E-state index in [1.807, 2.05) is 30.3 Å². The highest BCUT2D eigenvalue weighted by Gasteiger charge is 2.60. The molecule has 2 aromatic rings. The molecule has 0 saturated heterocycles. The summed E-state index contributed by atoms with van der Waals surface area (Å²) >= 11 is 0. The number of amides is 1. The van der Waals surface area contributed by atoms with Crippen LogP contribution in [0.15, 0.2) is 65.8 Å². The topological polar surface area (TPSA) is 84.6 Å². The number of nitro benzene ring substituents is 1. The molecule has 2 aromatic carbocycles. The van der Waals surface area contributed by atoms with Gasteiger partial charge in [0.1, 0.15) is 0 Å². The molecule has 2 aliphatic rings. The molecule has 6 nitrogen and oxygen atoms in total. The zero-order chi connectivity index (χ0) is 19.6. The number of rotatable bonds is 6. The Bertz CT molecular complexity index is 962. The van der Waals surface area contributed by atoms with Gasteiger partial charge < -0.3 is 0 Å². The third kappa shape index (κ3) is 3.58. The maximum atomic E-state index is 12.4. The SMILES string of the molecule is O=C(NN=C(/C=C/c1ccccc1[N+](=O)[O-])c1ccccc1)[C@@H]1CC12CCC2. The van der Waals surface area contributed by atoms with Crippen LogP contribution in [0.1, 0.15) is 36.8 Å². The predicted octanol–water partition coefficient (Wildman–Crippen LogP) is 4.32. The van der Waals surface area contributed by atoms with Crippen molar-refractivity contribution in [3.8, 4) is 0 Å². The number of nitro groups is 1. The highest BCUT2D eigenvalue weighted by molar-refractivity contribution is 6.11. The monoisotopic (exact) mass is 375 g/mol. The fourth-order valence-electron chi connectivity index (χ4n) is 3.87. The minimum Gasteiger partial charge on any atom is -0.273 e. The zero-order valence-electron chi connectivity index (χ0n) is 15.4. The summed E-state index contributed by atoms with van der Waals surface area (Å²) in [6.45, 7) is 0. The molecule has 0 radical (unpaired) electrons. The maximum absolute atomic E-state index is 12.4. The number of hydrogen-bond donors (Lipinski definition) is 1. The average molecular weight is 375 g/mol. The van der Waals surface area contributed by atoms with Gasteiger partial charge in [-0.05, 0) is 42.9 Å². The van der Waals surface area contributed by atoms with Crippen molar-refractivity contribution in [2.45, 2.75) is 25.7 Å². The average Bonchev–Trinajstić information content (AvgIpc) is 3.45. The van der Waals surface area contributed by atoms with Gasteiger partial charge in [0.2, 0.25) is 5.91 Å². The first-order valence-electron chi connectivity index (χ1n) is 9.44. The normalized spacial score (nSPS) is 20.0. The van der Waals surface area contributed by atoms with Crippen LogP contribution in [-0.2, 0) is 4.79 Å². The first-order valence-corrected chi connectivity index (χ1v) is 9.44. The molecule has 2 fully saturated rings. The van der Waals surface area contributed by atoms with Crippen molar-refractivity contribution in [3.05, 3.63) is 81.9 Å². The molecule has 6 heteroatoms. The highest BCUT2D eigenvalue weighted by atomic mass is 16.6. The number of carbonyl (C=O) groups is 1. The lowest BCUT2D eigenvalue weighted by Crippen LogP contribution is -2.27. The van der Waals surface area contributed by atoms with E-state index in [0.717, 1.165) is 24.8 Å². The fourth-order valence-corrected chi connectivity index (χ4v) is 3.87. The van der Waals surface area contributed by atoms with Crippen LogP contribution in [0, 0.1) is 21.4 Å². The van der Waals surface area contributed by atoms with Crippen molar-refractivity contribution in [2.75, 3.05) is 0 Å². The van der Waals surface area contributed by atoms with Gasteiger partial charge in [0.05, 0.1) is 16.2 Å². The van der Waals surface area contributed by atoms with E-state index in [2.05, 4.69) is 10.5 Å². The Balaban J connectivity index is 1.56. The molecular weight excluding hydrogens is 354 g/mol. The van der Waals surface area contributed by atoms with Crippen molar-refractivity contribution < 1.29 is 9.72 Å². The number of allylic oxidation sites excluding steroid dienone is 1. The Labute approximate surface area is 163 Å². The lowest BCUT2D eigenvalue weighted by atomic mass is 9.80. The molecule has 1 atom stereocenters. The number of hydrogen-bond acceptors (Lipinski definition) is 4. The van der Waals surface area contributed by atoms with E-state index in [1.165, 1.54) is 12.5 Å². The summed E-state index contributed by atoms with van der Waals surface area (Å²) in [7, 11) is 0. The third-order valence-corrected chi connectivity index (χ3v) is 5.77. The summed E-state index contributed by atoms with van der Waals surface area (Å²) < 4.78 is 0. The van der Waals surface area contributed by atoms with Crippen molar-refractivity contribution in [1.29, 1.82) is 0 Å². The molecule has 142 valence electrons. The van der Waals surface area contributed by atoms with Crippen LogP contribution in [0.2, 0.25) is 0 Å². The van der Waals surface area contributed by atoms with Gasteiger partial charge in [-0.25, -0.2) is 5.43 Å². The van der Waals surface area contributed by atoms with Gasteiger partial charge in [-0.2, -0.15) is 5.10 Å². The van der Waals surface area contributed by atoms with Crippen LogP contribution in [-0.4, -0.2) is 16.5 Å². The van der Waals surface area contributed by atoms with E-state index in [-0.39, 0.29) is 22.9 Å². The Hall–Kier alpha value is -3.28. The first-order chi connectivity index (χ1) is 13.6. The highest BCUT2D eigenvalue weighted by Crippen LogP contribution is 2.65. The minimum absolute atomic E-state index is 0.0279. The molecule has 0 unspecified atom stereocenters. The van der Waals surface area contributed by atoms with Crippen molar-refractivity contribution in [2.24, 2.45) is 16.4 Å². The molecule has 1 amide bonds. The predicted molar refractivity (Wildman–Crippen MR) is 108 cm³/mol. The maximum Gasteiger partial charge on any atom is 0.276 e. The Kier molecular flexibility index (Phi) is 4.77. The molecule has 0 heterocycles. The molecular formula is C22H21N3O3. The quantitative estimate of drug-likeness (QED) is 0.464. The smallest absolute Gasteiger partial charge is 0.273 e. The van der Waals surface area contributed by atoms with Crippen molar-refractivity contribution in [3.63, 3.8) is 0 Å². The minimum atomic E-state index is -0.411. The first kappa shape index (κ1) is 18.1. The number of hydrazone groups is 1. The summed E-state index contributed by atoms with van der Waals surface area (Å²) in [5.74, 6) is 0.0356. The van der Waals surface area contributed by atoms with Gasteiger partial charge in [0.15, 0.2) is 0 Å². The third-order valence-electron chi connectivity index (χ3n) is 5.77. The summed E-state index contributed by atoms with van der Waals surface area (Å²) in [5.41, 5.74) is 4.84. The van der Waals surface area contributed by atoms with Gasteiger partial charge >= 0.3 is 0 Å². The van der Waals surface area contributed by atoms with E-state index < -0.39 is 4.92 Å². The molecule has 0 aromatic heterocycles. The Morgan fingerprint density at radius 2 is 1.86 bits per heavy atom. The van der Waals surface area contributed by atoms with Crippen LogP contribution < -0.4 is 5.43 Å². The van der Waals surface area contributed by atoms with Crippen LogP contribution in [0.5, 0.6) is 0 Å². The number of para-hydroxylation sites is 1. The molecule has 1 N–H and O–H groups in total. The number of nitrogens with one attached hydrogen (secondary N) is 1. The van der Waals surface area contributed by atoms with E-state index in [9.17, 15) is 14.9 Å². The molecule has 0 aliphatic heterocycles. The molecule has 28 heavy (non-hydrogen) atoms.